The molecule has 0 bridgehead atoms. The van der Waals surface area contributed by atoms with Crippen molar-refractivity contribution < 1.29 is 9.47 Å². The maximum atomic E-state index is 5.71. The summed E-state index contributed by atoms with van der Waals surface area (Å²) in [5, 5.41) is 0. The summed E-state index contributed by atoms with van der Waals surface area (Å²) in [6, 6.07) is 0. The maximum absolute atomic E-state index is 5.71. The van der Waals surface area contributed by atoms with E-state index >= 15 is 0 Å². The molecule has 68 valence electrons. The molecular weight excluding hydrogens is 152 g/mol. The zero-order valence-electron chi connectivity index (χ0n) is 7.37. The van der Waals surface area contributed by atoms with Gasteiger partial charge in [0.15, 0.2) is 0 Å². The van der Waals surface area contributed by atoms with Gasteiger partial charge in [-0.05, 0) is 25.7 Å². The highest BCUT2D eigenvalue weighted by Crippen LogP contribution is 2.21. The highest BCUT2D eigenvalue weighted by molar-refractivity contribution is 4.90. The quantitative estimate of drug-likeness (QED) is 0.514. The number of fused-ring (bicyclic) bond motifs is 1. The SMILES string of the molecule is C1=C\C[C@H]2OCCC[C@@H]2OCC/1. The van der Waals surface area contributed by atoms with Crippen molar-refractivity contribution in [3.8, 4) is 0 Å². The molecule has 2 heteroatoms. The molecule has 1 saturated heterocycles. The van der Waals surface area contributed by atoms with Crippen molar-refractivity contribution in [3.63, 3.8) is 0 Å². The fraction of sp³-hybridized carbons (Fsp3) is 0.800. The monoisotopic (exact) mass is 168 g/mol. The van der Waals surface area contributed by atoms with Gasteiger partial charge in [-0.2, -0.15) is 0 Å². The van der Waals surface area contributed by atoms with Gasteiger partial charge in [0.05, 0.1) is 18.8 Å². The van der Waals surface area contributed by atoms with E-state index in [1.54, 1.807) is 0 Å². The van der Waals surface area contributed by atoms with Crippen molar-refractivity contribution in [2.24, 2.45) is 0 Å². The van der Waals surface area contributed by atoms with Crippen LogP contribution < -0.4 is 0 Å². The van der Waals surface area contributed by atoms with Gasteiger partial charge in [0.25, 0.3) is 0 Å². The molecule has 12 heavy (non-hydrogen) atoms. The molecule has 0 aromatic heterocycles. The van der Waals surface area contributed by atoms with Crippen molar-refractivity contribution in [1.29, 1.82) is 0 Å². The predicted octanol–water partition coefficient (Wildman–Crippen LogP) is 1.90. The smallest absolute Gasteiger partial charge is 0.0870 e. The van der Waals surface area contributed by atoms with Gasteiger partial charge in [-0.25, -0.2) is 0 Å². The molecule has 2 heterocycles. The average Bonchev–Trinajstić information content (AvgIpc) is 2.06. The molecule has 0 amide bonds. The highest BCUT2D eigenvalue weighted by Gasteiger charge is 2.25. The number of ether oxygens (including phenoxy) is 2. The van der Waals surface area contributed by atoms with E-state index in [1.807, 2.05) is 0 Å². The molecule has 0 N–H and O–H groups in total. The van der Waals surface area contributed by atoms with Crippen LogP contribution in [0.3, 0.4) is 0 Å². The molecule has 2 rings (SSSR count). The van der Waals surface area contributed by atoms with Crippen LogP contribution in [0.2, 0.25) is 0 Å². The average molecular weight is 168 g/mol. The van der Waals surface area contributed by atoms with E-state index in [1.165, 1.54) is 6.42 Å². The first-order valence-electron chi connectivity index (χ1n) is 4.85. The van der Waals surface area contributed by atoms with Crippen LogP contribution in [0.4, 0.5) is 0 Å². The molecule has 0 aromatic carbocycles. The lowest BCUT2D eigenvalue weighted by Crippen LogP contribution is -2.36. The Morgan fingerprint density at radius 2 is 1.92 bits per heavy atom. The van der Waals surface area contributed by atoms with Gasteiger partial charge < -0.3 is 9.47 Å². The third-order valence-corrected chi connectivity index (χ3v) is 2.53. The number of hydrogen-bond acceptors (Lipinski definition) is 2. The molecule has 0 saturated carbocycles. The van der Waals surface area contributed by atoms with Crippen molar-refractivity contribution in [2.75, 3.05) is 13.2 Å². The molecule has 2 aliphatic heterocycles. The standard InChI is InChI=1S/C10H16O2/c1-2-5-9-10(11-7-3-1)6-4-8-12-9/h1-2,9-10H,3-8H2/b2-1-/t9-,10+/m1/s1. The van der Waals surface area contributed by atoms with Crippen LogP contribution in [0.15, 0.2) is 12.2 Å². The highest BCUT2D eigenvalue weighted by atomic mass is 16.5. The lowest BCUT2D eigenvalue weighted by atomic mass is 10.0. The van der Waals surface area contributed by atoms with Gasteiger partial charge in [-0.1, -0.05) is 12.2 Å². The lowest BCUT2D eigenvalue weighted by Gasteiger charge is -2.31. The van der Waals surface area contributed by atoms with Crippen LogP contribution in [0.5, 0.6) is 0 Å². The second-order valence-electron chi connectivity index (χ2n) is 3.46. The van der Waals surface area contributed by atoms with Crippen LogP contribution >= 0.6 is 0 Å². The minimum atomic E-state index is 0.329. The van der Waals surface area contributed by atoms with Gasteiger partial charge in [-0.15, -0.1) is 0 Å². The molecular formula is C10H16O2. The maximum Gasteiger partial charge on any atom is 0.0870 e. The van der Waals surface area contributed by atoms with E-state index in [9.17, 15) is 0 Å². The summed E-state index contributed by atoms with van der Waals surface area (Å²) in [5.41, 5.74) is 0. The third kappa shape index (κ3) is 1.87. The van der Waals surface area contributed by atoms with E-state index in [4.69, 9.17) is 9.47 Å². The van der Waals surface area contributed by atoms with Gasteiger partial charge in [0.2, 0.25) is 0 Å². The van der Waals surface area contributed by atoms with Crippen molar-refractivity contribution >= 4 is 0 Å². The third-order valence-electron chi connectivity index (χ3n) is 2.53. The summed E-state index contributed by atoms with van der Waals surface area (Å²) in [6.45, 7) is 1.78. The summed E-state index contributed by atoms with van der Waals surface area (Å²) in [7, 11) is 0. The largest absolute Gasteiger partial charge is 0.375 e. The Balaban J connectivity index is 1.97. The first kappa shape index (κ1) is 8.27. The van der Waals surface area contributed by atoms with Crippen molar-refractivity contribution in [3.05, 3.63) is 12.2 Å². The van der Waals surface area contributed by atoms with E-state index in [0.29, 0.717) is 12.2 Å². The summed E-state index contributed by atoms with van der Waals surface area (Å²) >= 11 is 0. The fourth-order valence-electron chi connectivity index (χ4n) is 1.86. The molecule has 2 nitrogen and oxygen atoms in total. The number of hydrogen-bond donors (Lipinski definition) is 0. The predicted molar refractivity (Wildman–Crippen MR) is 47.1 cm³/mol. The first-order chi connectivity index (χ1) is 5.97. The molecule has 2 aliphatic rings. The molecule has 0 spiro atoms. The minimum absolute atomic E-state index is 0.329. The van der Waals surface area contributed by atoms with Crippen LogP contribution in [0.25, 0.3) is 0 Å². The molecule has 0 aliphatic carbocycles. The van der Waals surface area contributed by atoms with Gasteiger partial charge >= 0.3 is 0 Å². The summed E-state index contributed by atoms with van der Waals surface area (Å²) in [5.74, 6) is 0. The summed E-state index contributed by atoms with van der Waals surface area (Å²) in [6.07, 6.45) is 9.54. The van der Waals surface area contributed by atoms with E-state index in [-0.39, 0.29) is 0 Å². The van der Waals surface area contributed by atoms with Gasteiger partial charge in [0, 0.05) is 6.61 Å². The van der Waals surface area contributed by atoms with Crippen LogP contribution in [0.1, 0.15) is 25.7 Å². The van der Waals surface area contributed by atoms with Crippen LogP contribution in [0, 0.1) is 0 Å². The molecule has 0 unspecified atom stereocenters. The Labute approximate surface area is 73.5 Å². The minimum Gasteiger partial charge on any atom is -0.375 e. The molecule has 1 fully saturated rings. The Morgan fingerprint density at radius 3 is 2.92 bits per heavy atom. The van der Waals surface area contributed by atoms with Gasteiger partial charge in [0.1, 0.15) is 0 Å². The normalized spacial score (nSPS) is 39.3. The summed E-state index contributed by atoms with van der Waals surface area (Å²) in [4.78, 5) is 0. The Hall–Kier alpha value is -0.340. The fourth-order valence-corrected chi connectivity index (χ4v) is 1.86. The Morgan fingerprint density at radius 1 is 1.00 bits per heavy atom. The van der Waals surface area contributed by atoms with Crippen molar-refractivity contribution in [2.45, 2.75) is 37.9 Å². The lowest BCUT2D eigenvalue weighted by molar-refractivity contribution is -0.104. The van der Waals surface area contributed by atoms with Crippen LogP contribution in [-0.4, -0.2) is 25.4 Å². The van der Waals surface area contributed by atoms with E-state index in [2.05, 4.69) is 12.2 Å². The molecule has 0 aromatic rings. The second kappa shape index (κ2) is 4.06. The van der Waals surface area contributed by atoms with Crippen molar-refractivity contribution in [1.82, 2.24) is 0 Å². The molecule has 2 atom stereocenters. The van der Waals surface area contributed by atoms with Gasteiger partial charge in [-0.3, -0.25) is 0 Å². The Bertz CT molecular complexity index is 165. The van der Waals surface area contributed by atoms with E-state index in [0.717, 1.165) is 32.5 Å². The topological polar surface area (TPSA) is 18.5 Å². The molecule has 0 radical (unpaired) electrons. The second-order valence-corrected chi connectivity index (χ2v) is 3.46. The Kier molecular flexibility index (Phi) is 2.79. The zero-order valence-corrected chi connectivity index (χ0v) is 7.37. The summed E-state index contributed by atoms with van der Waals surface area (Å²) < 4.78 is 11.4. The number of rotatable bonds is 0. The first-order valence-corrected chi connectivity index (χ1v) is 4.85. The van der Waals surface area contributed by atoms with Crippen LogP contribution in [-0.2, 0) is 9.47 Å². The van der Waals surface area contributed by atoms with E-state index < -0.39 is 0 Å². The zero-order chi connectivity index (χ0) is 8.23.